The molecule has 1 aromatic heterocycles. The predicted octanol–water partition coefficient (Wildman–Crippen LogP) is 1.74. The third kappa shape index (κ3) is 3.12. The second-order valence-corrected chi connectivity index (χ2v) is 7.85. The zero-order valence-corrected chi connectivity index (χ0v) is 13.2. The van der Waals surface area contributed by atoms with Gasteiger partial charge in [0.25, 0.3) is 5.91 Å². The molecule has 122 valence electrons. The molecule has 1 aliphatic rings. The molecular formula is C15H15FN2O4S. The normalized spacial score (nSPS) is 18.3. The van der Waals surface area contributed by atoms with Crippen molar-refractivity contribution >= 4 is 15.7 Å². The Morgan fingerprint density at radius 2 is 2.04 bits per heavy atom. The molecule has 0 N–H and O–H groups in total. The predicted molar refractivity (Wildman–Crippen MR) is 81.0 cm³/mol. The number of hydrogen-bond acceptors (Lipinski definition) is 5. The molecule has 1 aromatic carbocycles. The van der Waals surface area contributed by atoms with E-state index >= 15 is 0 Å². The minimum Gasteiger partial charge on any atom is -0.443 e. The second-order valence-electron chi connectivity index (χ2n) is 5.53. The van der Waals surface area contributed by atoms with E-state index in [2.05, 4.69) is 4.98 Å². The molecule has 1 fully saturated rings. The van der Waals surface area contributed by atoms with Crippen LogP contribution in [-0.4, -0.2) is 48.8 Å². The SMILES string of the molecule is CS(=O)(=O)C1CCN(C(=O)c2ncoc2-c2ccc(F)cc2)C1. The molecule has 1 atom stereocenters. The van der Waals surface area contributed by atoms with Crippen LogP contribution in [0, 0.1) is 5.82 Å². The molecule has 0 spiro atoms. The van der Waals surface area contributed by atoms with E-state index in [1.807, 2.05) is 0 Å². The number of oxazole rings is 1. The molecule has 0 aliphatic carbocycles. The van der Waals surface area contributed by atoms with Crippen molar-refractivity contribution in [3.8, 4) is 11.3 Å². The van der Waals surface area contributed by atoms with Gasteiger partial charge in [-0.1, -0.05) is 0 Å². The Bertz CT molecular complexity index is 829. The summed E-state index contributed by atoms with van der Waals surface area (Å²) >= 11 is 0. The highest BCUT2D eigenvalue weighted by molar-refractivity contribution is 7.91. The molecule has 0 bridgehead atoms. The number of nitrogens with zero attached hydrogens (tertiary/aromatic N) is 2. The van der Waals surface area contributed by atoms with Crippen LogP contribution in [0.15, 0.2) is 35.1 Å². The Hall–Kier alpha value is -2.22. The molecule has 0 radical (unpaired) electrons. The standard InChI is InChI=1S/C15H15FN2O4S/c1-23(20,21)12-6-7-18(8-12)15(19)13-14(22-9-17-13)10-2-4-11(16)5-3-10/h2-5,9,12H,6-8H2,1H3. The lowest BCUT2D eigenvalue weighted by Gasteiger charge is -2.15. The van der Waals surface area contributed by atoms with E-state index in [0.717, 1.165) is 6.39 Å². The molecule has 2 heterocycles. The molecule has 1 amide bonds. The van der Waals surface area contributed by atoms with Gasteiger partial charge in [-0.2, -0.15) is 0 Å². The summed E-state index contributed by atoms with van der Waals surface area (Å²) in [5, 5.41) is -0.548. The van der Waals surface area contributed by atoms with Crippen LogP contribution >= 0.6 is 0 Å². The van der Waals surface area contributed by atoms with E-state index in [9.17, 15) is 17.6 Å². The maximum absolute atomic E-state index is 13.0. The number of halogens is 1. The lowest BCUT2D eigenvalue weighted by atomic mass is 10.1. The lowest BCUT2D eigenvalue weighted by molar-refractivity contribution is 0.0788. The van der Waals surface area contributed by atoms with Crippen molar-refractivity contribution in [2.24, 2.45) is 0 Å². The van der Waals surface area contributed by atoms with Crippen LogP contribution in [0.5, 0.6) is 0 Å². The third-order valence-electron chi connectivity index (χ3n) is 3.91. The number of rotatable bonds is 3. The van der Waals surface area contributed by atoms with Crippen molar-refractivity contribution in [2.45, 2.75) is 11.7 Å². The van der Waals surface area contributed by atoms with Crippen molar-refractivity contribution in [3.05, 3.63) is 42.2 Å². The topological polar surface area (TPSA) is 80.5 Å². The maximum atomic E-state index is 13.0. The maximum Gasteiger partial charge on any atom is 0.276 e. The van der Waals surface area contributed by atoms with Gasteiger partial charge in [0.15, 0.2) is 27.7 Å². The smallest absolute Gasteiger partial charge is 0.276 e. The van der Waals surface area contributed by atoms with Crippen LogP contribution in [0.4, 0.5) is 4.39 Å². The summed E-state index contributed by atoms with van der Waals surface area (Å²) in [7, 11) is -3.18. The van der Waals surface area contributed by atoms with Gasteiger partial charge in [-0.15, -0.1) is 0 Å². The molecule has 23 heavy (non-hydrogen) atoms. The highest BCUT2D eigenvalue weighted by Gasteiger charge is 2.34. The zero-order chi connectivity index (χ0) is 16.6. The number of amides is 1. The van der Waals surface area contributed by atoms with Gasteiger partial charge in [-0.05, 0) is 30.7 Å². The lowest BCUT2D eigenvalue weighted by Crippen LogP contribution is -2.32. The summed E-state index contributed by atoms with van der Waals surface area (Å²) in [6.45, 7) is 0.500. The molecule has 8 heteroatoms. The fourth-order valence-electron chi connectivity index (χ4n) is 2.62. The summed E-state index contributed by atoms with van der Waals surface area (Å²) in [4.78, 5) is 18.0. The van der Waals surface area contributed by atoms with Gasteiger partial charge in [0, 0.05) is 24.9 Å². The van der Waals surface area contributed by atoms with Crippen molar-refractivity contribution in [1.82, 2.24) is 9.88 Å². The van der Waals surface area contributed by atoms with Gasteiger partial charge in [0.2, 0.25) is 0 Å². The monoisotopic (exact) mass is 338 g/mol. The number of carbonyl (C=O) groups excluding carboxylic acids is 1. The van der Waals surface area contributed by atoms with Gasteiger partial charge in [-0.25, -0.2) is 17.8 Å². The Labute approximate surface area is 132 Å². The average Bonchev–Trinajstić information content (AvgIpc) is 3.16. The molecule has 6 nitrogen and oxygen atoms in total. The first kappa shape index (κ1) is 15.7. The van der Waals surface area contributed by atoms with Crippen molar-refractivity contribution in [3.63, 3.8) is 0 Å². The van der Waals surface area contributed by atoms with Crippen molar-refractivity contribution in [1.29, 1.82) is 0 Å². The molecule has 0 saturated carbocycles. The van der Waals surface area contributed by atoms with E-state index in [1.54, 1.807) is 0 Å². The summed E-state index contributed by atoms with van der Waals surface area (Å²) in [6, 6.07) is 5.52. The van der Waals surface area contributed by atoms with Gasteiger partial charge >= 0.3 is 0 Å². The van der Waals surface area contributed by atoms with Crippen LogP contribution in [0.25, 0.3) is 11.3 Å². The molecule has 2 aromatic rings. The number of likely N-dealkylation sites (tertiary alicyclic amines) is 1. The Morgan fingerprint density at radius 3 is 2.65 bits per heavy atom. The first-order chi connectivity index (χ1) is 10.9. The second kappa shape index (κ2) is 5.77. The number of hydrogen-bond donors (Lipinski definition) is 0. The molecule has 1 aliphatic heterocycles. The third-order valence-corrected chi connectivity index (χ3v) is 5.51. The Kier molecular flexibility index (Phi) is 3.93. The van der Waals surface area contributed by atoms with Crippen molar-refractivity contribution in [2.75, 3.05) is 19.3 Å². The zero-order valence-electron chi connectivity index (χ0n) is 12.4. The van der Waals surface area contributed by atoms with Crippen LogP contribution in [0.3, 0.4) is 0 Å². The quantitative estimate of drug-likeness (QED) is 0.851. The minimum absolute atomic E-state index is 0.103. The van der Waals surface area contributed by atoms with Gasteiger partial charge in [-0.3, -0.25) is 4.79 Å². The first-order valence-corrected chi connectivity index (χ1v) is 8.99. The van der Waals surface area contributed by atoms with Crippen molar-refractivity contribution < 1.29 is 22.0 Å². The van der Waals surface area contributed by atoms with E-state index < -0.39 is 20.9 Å². The minimum atomic E-state index is -3.18. The largest absolute Gasteiger partial charge is 0.443 e. The molecule has 3 rings (SSSR count). The highest BCUT2D eigenvalue weighted by atomic mass is 32.2. The summed E-state index contributed by atoms with van der Waals surface area (Å²) in [5.74, 6) is -0.529. The summed E-state index contributed by atoms with van der Waals surface area (Å²) in [5.41, 5.74) is 0.636. The number of aromatic nitrogens is 1. The fourth-order valence-corrected chi connectivity index (χ4v) is 3.60. The molecule has 1 saturated heterocycles. The highest BCUT2D eigenvalue weighted by Crippen LogP contribution is 2.26. The van der Waals surface area contributed by atoms with Gasteiger partial charge < -0.3 is 9.32 Å². The summed E-state index contributed by atoms with van der Waals surface area (Å²) < 4.78 is 41.5. The van der Waals surface area contributed by atoms with Crippen LogP contribution < -0.4 is 0 Å². The van der Waals surface area contributed by atoms with E-state index in [1.165, 1.54) is 35.4 Å². The summed E-state index contributed by atoms with van der Waals surface area (Å²) in [6.07, 6.45) is 2.73. The Balaban J connectivity index is 1.85. The molecule has 1 unspecified atom stereocenters. The Morgan fingerprint density at radius 1 is 1.35 bits per heavy atom. The number of benzene rings is 1. The number of sulfone groups is 1. The van der Waals surface area contributed by atoms with E-state index in [4.69, 9.17) is 4.42 Å². The van der Waals surface area contributed by atoms with Gasteiger partial charge in [0.1, 0.15) is 5.82 Å². The van der Waals surface area contributed by atoms with Crippen LogP contribution in [-0.2, 0) is 9.84 Å². The van der Waals surface area contributed by atoms with E-state index in [-0.39, 0.29) is 23.9 Å². The first-order valence-electron chi connectivity index (χ1n) is 7.04. The number of carbonyl (C=O) groups is 1. The van der Waals surface area contributed by atoms with Crippen LogP contribution in [0.2, 0.25) is 0 Å². The average molecular weight is 338 g/mol. The fraction of sp³-hybridized carbons (Fsp3) is 0.333. The van der Waals surface area contributed by atoms with E-state index in [0.29, 0.717) is 18.5 Å². The van der Waals surface area contributed by atoms with Gasteiger partial charge in [0.05, 0.1) is 5.25 Å². The van der Waals surface area contributed by atoms with Crippen LogP contribution in [0.1, 0.15) is 16.9 Å². The molecular weight excluding hydrogens is 323 g/mol.